The topological polar surface area (TPSA) is 119 Å². The van der Waals surface area contributed by atoms with Crippen LogP contribution in [-0.4, -0.2) is 43.9 Å². The number of carbonyl (C=O) groups excluding carboxylic acids is 1. The number of halogens is 1. The van der Waals surface area contributed by atoms with Gasteiger partial charge < -0.3 is 8.67 Å². The maximum atomic E-state index is 10.4. The third kappa shape index (κ3) is 36.9. The largest absolute Gasteiger partial charge is 0.329 e. The lowest BCUT2D eigenvalue weighted by Crippen LogP contribution is -2.68. The van der Waals surface area contributed by atoms with Gasteiger partial charge in [-0.2, -0.15) is 0 Å². The van der Waals surface area contributed by atoms with Crippen LogP contribution in [0.1, 0.15) is 6.92 Å². The van der Waals surface area contributed by atoms with E-state index in [1.54, 1.807) is 0 Å². The molecule has 0 fully saturated rings. The highest BCUT2D eigenvalue weighted by molar-refractivity contribution is 8.09. The van der Waals surface area contributed by atoms with Crippen LogP contribution in [0.4, 0.5) is 0 Å². The van der Waals surface area contributed by atoms with Crippen molar-refractivity contribution in [3.8, 4) is 0 Å². The summed E-state index contributed by atoms with van der Waals surface area (Å²) in [4.78, 5) is 10.4. The van der Waals surface area contributed by atoms with Gasteiger partial charge in [-0.1, -0.05) is 0 Å². The van der Waals surface area contributed by atoms with Crippen LogP contribution >= 0.6 is 12.0 Å². The van der Waals surface area contributed by atoms with E-state index in [-0.39, 0.29) is 5.12 Å². The Bertz CT molecular complexity index is 196. The van der Waals surface area contributed by atoms with Crippen molar-refractivity contribution >= 4 is 17.2 Å². The standard InChI is InChI=1S/C7H16NO2S.ClHO4/c1-7(9)11-10-6-5-8(2,3)4;2-1(3,4)5/h5-6H2,1-4H3;(H,2,3,4,5)/q+1;/p-1. The fraction of sp³-hybridized carbons (Fsp3) is 0.857. The molecular formula is C7H16ClNO6S. The van der Waals surface area contributed by atoms with Crippen molar-refractivity contribution < 1.29 is 42.3 Å². The quantitative estimate of drug-likeness (QED) is 0.293. The summed E-state index contributed by atoms with van der Waals surface area (Å²) in [7, 11) is 1.31. The Morgan fingerprint density at radius 3 is 1.88 bits per heavy atom. The zero-order valence-corrected chi connectivity index (χ0v) is 11.2. The predicted molar refractivity (Wildman–Crippen MR) is 47.1 cm³/mol. The highest BCUT2D eigenvalue weighted by Gasteiger charge is 2.06. The molecule has 0 heterocycles. The van der Waals surface area contributed by atoms with E-state index in [1.807, 2.05) is 0 Å². The van der Waals surface area contributed by atoms with Crippen LogP contribution in [0.25, 0.3) is 0 Å². The van der Waals surface area contributed by atoms with Gasteiger partial charge >= 0.3 is 0 Å². The van der Waals surface area contributed by atoms with Gasteiger partial charge in [-0.15, -0.1) is 10.2 Å². The molecule has 0 rings (SSSR count). The molecule has 0 aliphatic heterocycles. The molecule has 0 amide bonds. The van der Waals surface area contributed by atoms with Crippen molar-refractivity contribution in [3.05, 3.63) is 0 Å². The van der Waals surface area contributed by atoms with Gasteiger partial charge in [-0.05, 0) is 0 Å². The second kappa shape index (κ2) is 8.20. The average molecular weight is 278 g/mol. The lowest BCUT2D eigenvalue weighted by molar-refractivity contribution is -2.00. The Balaban J connectivity index is 0. The van der Waals surface area contributed by atoms with E-state index in [4.69, 9.17) is 22.8 Å². The molecule has 7 nitrogen and oxygen atoms in total. The SMILES string of the molecule is CC(=O)SOCC[N+](C)(C)C.[O-][Cl+3]([O-])([O-])[O-]. The van der Waals surface area contributed by atoms with Crippen molar-refractivity contribution in [3.63, 3.8) is 0 Å². The molecule has 0 aliphatic rings. The number of hydrogen-bond donors (Lipinski definition) is 0. The lowest BCUT2D eigenvalue weighted by Gasteiger charge is -2.22. The van der Waals surface area contributed by atoms with Crippen molar-refractivity contribution in [2.75, 3.05) is 34.3 Å². The van der Waals surface area contributed by atoms with Gasteiger partial charge in [0.05, 0.1) is 33.2 Å². The Hall–Kier alpha value is 0.0700. The highest BCUT2D eigenvalue weighted by Crippen LogP contribution is 2.03. The van der Waals surface area contributed by atoms with Crippen molar-refractivity contribution in [2.24, 2.45) is 0 Å². The Kier molecular flexibility index (Phi) is 9.45. The molecule has 0 aromatic heterocycles. The van der Waals surface area contributed by atoms with E-state index >= 15 is 0 Å². The third-order valence-electron chi connectivity index (χ3n) is 1.02. The summed E-state index contributed by atoms with van der Waals surface area (Å²) in [5.41, 5.74) is 0. The maximum Gasteiger partial charge on any atom is 0.212 e. The molecule has 0 atom stereocenters. The summed E-state index contributed by atoms with van der Waals surface area (Å²) in [5.74, 6) is 0. The van der Waals surface area contributed by atoms with E-state index < -0.39 is 10.2 Å². The molecule has 0 saturated heterocycles. The van der Waals surface area contributed by atoms with E-state index in [2.05, 4.69) is 21.1 Å². The normalized spacial score (nSPS) is 11.8. The van der Waals surface area contributed by atoms with Crippen LogP contribution < -0.4 is 18.6 Å². The summed E-state index contributed by atoms with van der Waals surface area (Å²) in [6, 6.07) is 0. The lowest BCUT2D eigenvalue weighted by atomic mass is 10.5. The van der Waals surface area contributed by atoms with Crippen molar-refractivity contribution in [2.45, 2.75) is 6.92 Å². The monoisotopic (exact) mass is 277 g/mol. The minimum atomic E-state index is -4.94. The van der Waals surface area contributed by atoms with Gasteiger partial charge in [-0.25, -0.2) is 18.6 Å². The van der Waals surface area contributed by atoms with E-state index in [9.17, 15) is 4.79 Å². The van der Waals surface area contributed by atoms with Crippen LogP contribution in [0.2, 0.25) is 0 Å². The zero-order valence-electron chi connectivity index (χ0n) is 9.60. The summed E-state index contributed by atoms with van der Waals surface area (Å²) >= 11 is 0.923. The van der Waals surface area contributed by atoms with Crippen molar-refractivity contribution in [1.82, 2.24) is 0 Å². The first kappa shape index (κ1) is 18.4. The molecule has 9 heteroatoms. The number of hydrogen-bond acceptors (Lipinski definition) is 7. The number of nitrogens with zero attached hydrogens (tertiary/aromatic N) is 1. The van der Waals surface area contributed by atoms with E-state index in [0.717, 1.165) is 23.1 Å². The first-order chi connectivity index (χ1) is 6.92. The molecule has 0 bridgehead atoms. The first-order valence-electron chi connectivity index (χ1n) is 4.14. The predicted octanol–water partition coefficient (Wildman–Crippen LogP) is -3.85. The molecule has 0 aliphatic carbocycles. The maximum absolute atomic E-state index is 10.4. The van der Waals surface area contributed by atoms with Gasteiger partial charge in [-0.3, -0.25) is 4.79 Å². The summed E-state index contributed by atoms with van der Waals surface area (Å²) in [6.45, 7) is 3.03. The molecule has 0 radical (unpaired) electrons. The molecule has 0 aromatic rings. The number of carbonyl (C=O) groups is 1. The molecule has 98 valence electrons. The van der Waals surface area contributed by atoms with Crippen molar-refractivity contribution in [1.29, 1.82) is 0 Å². The summed E-state index contributed by atoms with van der Waals surface area (Å²) in [5, 5.41) is 0.00593. The second-order valence-corrected chi connectivity index (χ2v) is 5.52. The molecule has 0 N–H and O–H groups in total. The van der Waals surface area contributed by atoms with E-state index in [0.29, 0.717) is 6.61 Å². The smallest absolute Gasteiger partial charge is 0.212 e. The Labute approximate surface area is 101 Å². The van der Waals surface area contributed by atoms with Crippen LogP contribution in [0.3, 0.4) is 0 Å². The number of quaternary nitrogens is 1. The Morgan fingerprint density at radius 1 is 1.25 bits per heavy atom. The minimum absolute atomic E-state index is 0.00593. The van der Waals surface area contributed by atoms with Gasteiger partial charge in [0, 0.05) is 6.92 Å². The number of rotatable bonds is 4. The highest BCUT2D eigenvalue weighted by atomic mass is 35.7. The molecular weight excluding hydrogens is 262 g/mol. The van der Waals surface area contributed by atoms with Crippen LogP contribution in [0, 0.1) is 10.2 Å². The van der Waals surface area contributed by atoms with Gasteiger partial charge in [0.25, 0.3) is 0 Å². The molecule has 0 unspecified atom stereocenters. The fourth-order valence-electron chi connectivity index (χ4n) is 0.436. The van der Waals surface area contributed by atoms with Gasteiger partial charge in [0.1, 0.15) is 13.2 Å². The number of likely N-dealkylation sites (N-methyl/N-ethyl adjacent to an activating group) is 1. The Morgan fingerprint density at radius 2 is 1.62 bits per heavy atom. The molecule has 0 spiro atoms. The fourth-order valence-corrected chi connectivity index (χ4v) is 0.760. The van der Waals surface area contributed by atoms with Gasteiger partial charge in [0.2, 0.25) is 5.12 Å². The first-order valence-corrected chi connectivity index (χ1v) is 6.11. The average Bonchev–Trinajstić information content (AvgIpc) is 1.92. The molecule has 0 aromatic carbocycles. The summed E-state index contributed by atoms with van der Waals surface area (Å²) in [6.07, 6.45) is 0. The third-order valence-corrected chi connectivity index (χ3v) is 1.54. The van der Waals surface area contributed by atoms with Gasteiger partial charge in [0.15, 0.2) is 0 Å². The summed E-state index contributed by atoms with van der Waals surface area (Å²) < 4.78 is 39.9. The zero-order chi connectivity index (χ0) is 13.4. The van der Waals surface area contributed by atoms with Crippen LogP contribution in [0.15, 0.2) is 0 Å². The van der Waals surface area contributed by atoms with Crippen LogP contribution in [0.5, 0.6) is 0 Å². The molecule has 0 saturated carbocycles. The van der Waals surface area contributed by atoms with Crippen LogP contribution in [-0.2, 0) is 8.98 Å². The molecule has 16 heavy (non-hydrogen) atoms. The second-order valence-electron chi connectivity index (χ2n) is 3.79. The minimum Gasteiger partial charge on any atom is -0.329 e. The van der Waals surface area contributed by atoms with E-state index in [1.165, 1.54) is 6.92 Å².